The second-order valence-electron chi connectivity index (χ2n) is 5.41. The molecule has 0 spiro atoms. The summed E-state index contributed by atoms with van der Waals surface area (Å²) < 4.78 is 0. The van der Waals surface area contributed by atoms with Crippen molar-refractivity contribution in [3.63, 3.8) is 0 Å². The van der Waals surface area contributed by atoms with Crippen molar-refractivity contribution in [1.29, 1.82) is 0 Å². The molecule has 0 fully saturated rings. The summed E-state index contributed by atoms with van der Waals surface area (Å²) in [5, 5.41) is 0. The molecule has 0 aromatic heterocycles. The van der Waals surface area contributed by atoms with Crippen LogP contribution in [0.1, 0.15) is 66.2 Å². The maximum atomic E-state index is 2.31. The second-order valence-corrected chi connectivity index (χ2v) is 5.41. The zero-order chi connectivity index (χ0) is 13.4. The summed E-state index contributed by atoms with van der Waals surface area (Å²) in [5.74, 6) is 0. The zero-order valence-corrected chi connectivity index (χ0v) is 17.8. The van der Waals surface area contributed by atoms with Crippen LogP contribution in [0.3, 0.4) is 0 Å². The van der Waals surface area contributed by atoms with E-state index in [1.807, 2.05) is 0 Å². The first-order valence-corrected chi connectivity index (χ1v) is 7.38. The van der Waals surface area contributed by atoms with Gasteiger partial charge in [-0.2, -0.15) is 0 Å². The van der Waals surface area contributed by atoms with Crippen molar-refractivity contribution in [2.45, 2.75) is 66.2 Å². The molecule has 0 nitrogen and oxygen atoms in total. The monoisotopic (exact) mass is 404 g/mol. The van der Waals surface area contributed by atoms with Gasteiger partial charge in [0.05, 0.1) is 0 Å². The molecular weight excluding hydrogens is 378 g/mol. The number of rotatable bonds is 4. The molecule has 0 bridgehead atoms. The molecule has 3 heteroatoms. The van der Waals surface area contributed by atoms with Crippen LogP contribution < -0.4 is 24.8 Å². The van der Waals surface area contributed by atoms with Gasteiger partial charge >= 0.3 is 0 Å². The van der Waals surface area contributed by atoms with E-state index in [1.54, 1.807) is 11.1 Å². The Bertz CT molecular complexity index is 352. The first-order valence-electron chi connectivity index (χ1n) is 7.38. The van der Waals surface area contributed by atoms with E-state index in [9.17, 15) is 0 Å². The quantitative estimate of drug-likeness (QED) is 0.623. The molecule has 0 unspecified atom stereocenters. The third kappa shape index (κ3) is 11.6. The molecule has 0 amide bonds. The maximum absolute atomic E-state index is 2.31. The van der Waals surface area contributed by atoms with Gasteiger partial charge in [0.2, 0.25) is 0 Å². The molecule has 0 aromatic rings. The van der Waals surface area contributed by atoms with Gasteiger partial charge in [0.1, 0.15) is 0 Å². The van der Waals surface area contributed by atoms with Gasteiger partial charge in [0.15, 0.2) is 0 Å². The van der Waals surface area contributed by atoms with Crippen LogP contribution in [-0.2, 0) is 26.2 Å². The molecular formula is C18H28Cl2Zr-2. The average molecular weight is 407 g/mol. The fourth-order valence-corrected chi connectivity index (χ4v) is 2.45. The van der Waals surface area contributed by atoms with Gasteiger partial charge in [-0.05, 0) is 39.5 Å². The molecule has 0 heterocycles. The molecule has 2 rings (SSSR count). The smallest absolute Gasteiger partial charge is 0 e. The molecule has 0 N–H and O–H groups in total. The van der Waals surface area contributed by atoms with Crippen molar-refractivity contribution in [1.82, 2.24) is 0 Å². The van der Waals surface area contributed by atoms with Crippen molar-refractivity contribution in [2.24, 2.45) is 0 Å². The third-order valence-electron chi connectivity index (χ3n) is 3.38. The normalized spacial score (nSPS) is 15.0. The molecule has 120 valence electrons. The van der Waals surface area contributed by atoms with E-state index in [4.69, 9.17) is 0 Å². The molecule has 0 saturated heterocycles. The van der Waals surface area contributed by atoms with E-state index < -0.39 is 0 Å². The number of halogens is 2. The Morgan fingerprint density at radius 1 is 0.762 bits per heavy atom. The summed E-state index contributed by atoms with van der Waals surface area (Å²) in [6.07, 6.45) is 16.8. The van der Waals surface area contributed by atoms with Crippen molar-refractivity contribution in [3.05, 3.63) is 46.6 Å². The van der Waals surface area contributed by atoms with Crippen molar-refractivity contribution >= 4 is 0 Å². The Kier molecular flexibility index (Phi) is 19.2. The number of allylic oxidation sites excluding steroid dienone is 8. The summed E-state index contributed by atoms with van der Waals surface area (Å²) >= 11 is 0. The predicted molar refractivity (Wildman–Crippen MR) is 82.7 cm³/mol. The first-order chi connectivity index (χ1) is 8.65. The molecule has 0 saturated carbocycles. The van der Waals surface area contributed by atoms with Crippen molar-refractivity contribution in [3.8, 4) is 0 Å². The van der Waals surface area contributed by atoms with Crippen LogP contribution in [0.5, 0.6) is 0 Å². The Morgan fingerprint density at radius 3 is 1.29 bits per heavy atom. The van der Waals surface area contributed by atoms with Gasteiger partial charge in [0, 0.05) is 26.2 Å². The van der Waals surface area contributed by atoms with E-state index >= 15 is 0 Å². The Balaban J connectivity index is -0.000000270. The van der Waals surface area contributed by atoms with E-state index in [0.717, 1.165) is 0 Å². The van der Waals surface area contributed by atoms with Crippen molar-refractivity contribution in [2.75, 3.05) is 0 Å². The first kappa shape index (κ1) is 26.3. The minimum absolute atomic E-state index is 0. The summed E-state index contributed by atoms with van der Waals surface area (Å²) in [5.41, 5.74) is 6.10. The van der Waals surface area contributed by atoms with Crippen LogP contribution in [0.15, 0.2) is 46.6 Å². The summed E-state index contributed by atoms with van der Waals surface area (Å²) in [7, 11) is 0. The minimum atomic E-state index is 0. The van der Waals surface area contributed by atoms with E-state index in [1.165, 1.54) is 49.7 Å². The summed E-state index contributed by atoms with van der Waals surface area (Å²) in [6, 6.07) is 0. The summed E-state index contributed by atoms with van der Waals surface area (Å²) in [6.45, 7) is 8.80. The second kappa shape index (κ2) is 15.3. The predicted octanol–water partition coefficient (Wildman–Crippen LogP) is 0.131. The van der Waals surface area contributed by atoms with Gasteiger partial charge in [-0.1, -0.05) is 73.3 Å². The average Bonchev–Trinajstić information content (AvgIpc) is 2.90. The fourth-order valence-electron chi connectivity index (χ4n) is 2.45. The van der Waals surface area contributed by atoms with Gasteiger partial charge in [0.25, 0.3) is 0 Å². The molecule has 0 aliphatic heterocycles. The Labute approximate surface area is 163 Å². The van der Waals surface area contributed by atoms with Crippen LogP contribution in [0.25, 0.3) is 0 Å². The Hall–Kier alpha value is 0.423. The number of hydrogen-bond donors (Lipinski definition) is 0. The molecule has 0 aromatic carbocycles. The van der Waals surface area contributed by atoms with Gasteiger partial charge in [-0.15, -0.1) is 0 Å². The fraction of sp³-hybridized carbons (Fsp3) is 0.556. The van der Waals surface area contributed by atoms with Crippen LogP contribution in [0.2, 0.25) is 0 Å². The minimum Gasteiger partial charge on any atom is -1.00 e. The van der Waals surface area contributed by atoms with Crippen LogP contribution in [0.4, 0.5) is 0 Å². The van der Waals surface area contributed by atoms with Gasteiger partial charge in [-0.25, -0.2) is 0 Å². The standard InChI is InChI=1S/2C9H14.2ClH.Zr/c2*1-3-4-9-6-5-8(2)7-9;;;/h2*5,7H,3-4,6H2,1-2H3;2*1H;/p-2. The van der Waals surface area contributed by atoms with Crippen LogP contribution >= 0.6 is 0 Å². The van der Waals surface area contributed by atoms with Crippen LogP contribution in [0, 0.1) is 0 Å². The molecule has 2 aliphatic rings. The Morgan fingerprint density at radius 2 is 1.10 bits per heavy atom. The van der Waals surface area contributed by atoms with E-state index in [2.05, 4.69) is 52.0 Å². The largest absolute Gasteiger partial charge is 1.00 e. The number of hydrogen-bond acceptors (Lipinski definition) is 0. The molecule has 21 heavy (non-hydrogen) atoms. The third-order valence-corrected chi connectivity index (χ3v) is 3.38. The topological polar surface area (TPSA) is 0 Å². The van der Waals surface area contributed by atoms with E-state index in [0.29, 0.717) is 0 Å². The van der Waals surface area contributed by atoms with Crippen molar-refractivity contribution < 1.29 is 51.0 Å². The summed E-state index contributed by atoms with van der Waals surface area (Å²) in [4.78, 5) is 0. The maximum Gasteiger partial charge on any atom is 0 e. The van der Waals surface area contributed by atoms with E-state index in [-0.39, 0.29) is 51.0 Å². The zero-order valence-electron chi connectivity index (χ0n) is 13.8. The molecule has 2 aliphatic carbocycles. The van der Waals surface area contributed by atoms with Gasteiger partial charge < -0.3 is 24.8 Å². The molecule has 0 radical (unpaired) electrons. The van der Waals surface area contributed by atoms with Gasteiger partial charge in [-0.3, -0.25) is 0 Å². The van der Waals surface area contributed by atoms with Crippen LogP contribution in [-0.4, -0.2) is 0 Å². The SMILES string of the molecule is CCCC1=CC(C)=CC1.CCCC1=CC(C)=CC1.[Cl-].[Cl-].[Zr]. The molecule has 0 atom stereocenters.